The maximum Gasteiger partial charge on any atom is 0.306 e. The van der Waals surface area contributed by atoms with Gasteiger partial charge in [0.15, 0.2) is 6.10 Å². The number of quaternary nitrogens is 1. The normalized spacial score (nSPS) is 31.3. The molecule has 0 saturated heterocycles. The number of allylic oxidation sites excluding steroid dienone is 1. The number of aliphatic hydroxyl groups excluding tert-OH is 2. The minimum Gasteiger partial charge on any atom is -1.00 e. The molecule has 2 N–H and O–H groups in total. The molecule has 0 aromatic carbocycles. The van der Waals surface area contributed by atoms with Crippen molar-refractivity contribution in [2.45, 2.75) is 137 Å². The van der Waals surface area contributed by atoms with Gasteiger partial charge in [-0.3, -0.25) is 14.4 Å². The summed E-state index contributed by atoms with van der Waals surface area (Å²) in [7, 11) is 1.84. The number of aliphatic hydroxyl groups is 2. The Kier molecular flexibility index (Phi) is 16.8. The summed E-state index contributed by atoms with van der Waals surface area (Å²) in [6.07, 6.45) is 14.8. The van der Waals surface area contributed by atoms with Gasteiger partial charge >= 0.3 is 17.9 Å². The Balaban J connectivity index is 0.00000702. The highest BCUT2D eigenvalue weighted by molar-refractivity contribution is 5.77. The number of ether oxygens (including phenoxy) is 3. The summed E-state index contributed by atoms with van der Waals surface area (Å²) in [5.41, 5.74) is 2.13. The Bertz CT molecular complexity index is 1190. The fourth-order valence-electron chi connectivity index (χ4n) is 11.1. The average Bonchev–Trinajstić information content (AvgIpc) is 3.40. The number of fused-ring (bicyclic) bond motifs is 5. The molecule has 4 rings (SSSR count). The van der Waals surface area contributed by atoms with E-state index in [4.69, 9.17) is 14.2 Å². The lowest BCUT2D eigenvalue weighted by Crippen LogP contribution is -3.00. The molecule has 3 saturated carbocycles. The van der Waals surface area contributed by atoms with E-state index in [0.29, 0.717) is 24.4 Å². The van der Waals surface area contributed by atoms with Crippen molar-refractivity contribution in [2.24, 2.45) is 46.3 Å². The van der Waals surface area contributed by atoms with E-state index < -0.39 is 18.0 Å². The van der Waals surface area contributed by atoms with Gasteiger partial charge in [0.05, 0.1) is 33.1 Å². The summed E-state index contributed by atoms with van der Waals surface area (Å²) in [6.45, 7) is 14.3. The van der Waals surface area contributed by atoms with Crippen molar-refractivity contribution in [3.8, 4) is 0 Å². The molecular weight excluding hydrogens is 761 g/mol. The fraction of sp³-hybridized carbons (Fsp3) is 0.878. The van der Waals surface area contributed by atoms with Crippen LogP contribution in [0.3, 0.4) is 0 Å². The Morgan fingerprint density at radius 1 is 0.941 bits per heavy atom. The van der Waals surface area contributed by atoms with E-state index >= 15 is 0 Å². The van der Waals surface area contributed by atoms with Crippen LogP contribution in [0.2, 0.25) is 0 Å². The molecule has 0 spiro atoms. The van der Waals surface area contributed by atoms with Crippen LogP contribution in [0, 0.1) is 46.3 Å². The molecule has 0 bridgehead atoms. The van der Waals surface area contributed by atoms with Crippen molar-refractivity contribution in [2.75, 3.05) is 46.5 Å². The number of rotatable bonds is 18. The number of halogens is 1. The lowest BCUT2D eigenvalue weighted by atomic mass is 9.47. The van der Waals surface area contributed by atoms with E-state index in [-0.39, 0.29) is 85.2 Å². The van der Waals surface area contributed by atoms with Crippen LogP contribution in [0.15, 0.2) is 11.6 Å². The molecule has 4 aliphatic rings. The van der Waals surface area contributed by atoms with Crippen molar-refractivity contribution in [3.05, 3.63) is 11.6 Å². The number of likely N-dealkylation sites (N-methyl/N-ethyl adjacent to an activating group) is 1. The lowest BCUT2D eigenvalue weighted by Gasteiger charge is -2.58. The fourth-order valence-corrected chi connectivity index (χ4v) is 11.1. The van der Waals surface area contributed by atoms with Crippen molar-refractivity contribution >= 4 is 17.9 Å². The van der Waals surface area contributed by atoms with E-state index in [1.54, 1.807) is 0 Å². The average molecular weight is 832 g/mol. The third kappa shape index (κ3) is 11.2. The molecule has 9 atom stereocenters. The molecule has 4 aliphatic carbocycles. The summed E-state index contributed by atoms with van der Waals surface area (Å²) in [4.78, 5) is 37.1. The van der Waals surface area contributed by atoms with Crippen molar-refractivity contribution < 1.29 is 67.3 Å². The Labute approximate surface area is 325 Å². The van der Waals surface area contributed by atoms with Crippen LogP contribution in [0.25, 0.3) is 0 Å². The highest BCUT2D eigenvalue weighted by Gasteiger charge is 2.59. The van der Waals surface area contributed by atoms with Gasteiger partial charge in [0.2, 0.25) is 0 Å². The molecule has 0 heterocycles. The molecule has 10 heteroatoms. The summed E-state index contributed by atoms with van der Waals surface area (Å²) >= 11 is 0. The highest BCUT2D eigenvalue weighted by atomic mass is 127. The molecule has 9 nitrogen and oxygen atoms in total. The number of hydrogen-bond donors (Lipinski definition) is 2. The van der Waals surface area contributed by atoms with E-state index in [1.165, 1.54) is 57.4 Å². The van der Waals surface area contributed by atoms with Gasteiger partial charge < -0.3 is 52.9 Å². The third-order valence-corrected chi connectivity index (χ3v) is 13.8. The zero-order valence-corrected chi connectivity index (χ0v) is 35.0. The van der Waals surface area contributed by atoms with Gasteiger partial charge in [-0.25, -0.2) is 0 Å². The van der Waals surface area contributed by atoms with Gasteiger partial charge in [-0.2, -0.15) is 0 Å². The van der Waals surface area contributed by atoms with Crippen molar-refractivity contribution in [1.29, 1.82) is 0 Å². The monoisotopic (exact) mass is 831 g/mol. The molecule has 0 unspecified atom stereocenters. The minimum atomic E-state index is -0.734. The maximum atomic E-state index is 12.9. The van der Waals surface area contributed by atoms with E-state index in [9.17, 15) is 24.6 Å². The molecule has 0 aliphatic heterocycles. The van der Waals surface area contributed by atoms with E-state index in [2.05, 4.69) is 40.7 Å². The first-order valence-electron chi connectivity index (χ1n) is 19.9. The van der Waals surface area contributed by atoms with Gasteiger partial charge in [0.25, 0.3) is 0 Å². The van der Waals surface area contributed by atoms with Gasteiger partial charge in [-0.15, -0.1) is 0 Å². The van der Waals surface area contributed by atoms with Crippen LogP contribution >= 0.6 is 0 Å². The van der Waals surface area contributed by atoms with Gasteiger partial charge in [0, 0.05) is 13.3 Å². The molecule has 51 heavy (non-hydrogen) atoms. The van der Waals surface area contributed by atoms with Crippen LogP contribution in [0.5, 0.6) is 0 Å². The Morgan fingerprint density at radius 3 is 2.27 bits per heavy atom. The molecule has 294 valence electrons. The van der Waals surface area contributed by atoms with Gasteiger partial charge in [-0.05, 0) is 91.3 Å². The largest absolute Gasteiger partial charge is 1.00 e. The molecule has 3 fully saturated rings. The number of carbonyl (C=O) groups is 3. The number of nitrogens with zero attached hydrogens (tertiary/aromatic N) is 1. The topological polar surface area (TPSA) is 119 Å². The SMILES string of the molecule is CC(=O)O[C@H](COC(=O)CCC(=O)O[C@H]1CC[C@@]2(C)C(=CC[C@H]3[C@@H]4CC[C@H]([C@H](C)CCCC(C)C)[C@@]4(C)CC[C@@H]32)C1)C[N+](C)(CCO)CCO.[I-]. The predicted octanol–water partition coefficient (Wildman–Crippen LogP) is 3.63. The first kappa shape index (κ1) is 44.2. The third-order valence-electron chi connectivity index (χ3n) is 13.8. The van der Waals surface area contributed by atoms with Crippen LogP contribution < -0.4 is 24.0 Å². The second kappa shape index (κ2) is 19.4. The molecule has 0 aromatic heterocycles. The summed E-state index contributed by atoms with van der Waals surface area (Å²) in [5.74, 6) is 3.30. The van der Waals surface area contributed by atoms with Gasteiger partial charge in [0.1, 0.15) is 32.3 Å². The minimum absolute atomic E-state index is 0. The summed E-state index contributed by atoms with van der Waals surface area (Å²) in [5, 5.41) is 18.9. The molecule has 0 aromatic rings. The van der Waals surface area contributed by atoms with Crippen LogP contribution in [-0.2, 0) is 28.6 Å². The summed E-state index contributed by atoms with van der Waals surface area (Å²) < 4.78 is 17.0. The molecule has 0 radical (unpaired) electrons. The zero-order chi connectivity index (χ0) is 36.7. The lowest BCUT2D eigenvalue weighted by molar-refractivity contribution is -0.912. The Hall–Kier alpha value is -1.24. The summed E-state index contributed by atoms with van der Waals surface area (Å²) in [6, 6.07) is 0. The number of hydrogen-bond acceptors (Lipinski definition) is 8. The van der Waals surface area contributed by atoms with Crippen LogP contribution in [0.1, 0.15) is 125 Å². The first-order chi connectivity index (χ1) is 23.6. The van der Waals surface area contributed by atoms with E-state index in [1.807, 2.05) is 7.05 Å². The Morgan fingerprint density at radius 2 is 1.63 bits per heavy atom. The smallest absolute Gasteiger partial charge is 0.306 e. The second-order valence-electron chi connectivity index (χ2n) is 17.8. The van der Waals surface area contributed by atoms with Crippen molar-refractivity contribution in [3.63, 3.8) is 0 Å². The van der Waals surface area contributed by atoms with Crippen molar-refractivity contribution in [1.82, 2.24) is 0 Å². The quantitative estimate of drug-likeness (QED) is 0.0708. The second-order valence-corrected chi connectivity index (χ2v) is 17.8. The first-order valence-corrected chi connectivity index (χ1v) is 19.9. The molecular formula is C41H70INO8. The number of esters is 3. The number of carbonyl (C=O) groups excluding carboxylic acids is 3. The zero-order valence-electron chi connectivity index (χ0n) is 32.8. The standard InChI is InChI=1S/C41H70NO8.HI/c1-28(2)9-8-10-29(3)35-13-14-36-34-12-11-31-25-32(17-19-40(31,5)37(34)18-20-41(35,36)6)50-39(47)16-15-38(46)48-27-33(49-30(4)45)26-42(7,21-23-43)22-24-44;/h11,28-29,32-37,43-44H,8-10,12-27H2,1-7H3;1H/q+1;/p-1/t29-,32+,33+,34+,35-,36+,37+,40+,41-;/m1./s1. The van der Waals surface area contributed by atoms with Crippen LogP contribution in [0.4, 0.5) is 0 Å². The van der Waals surface area contributed by atoms with E-state index in [0.717, 1.165) is 55.3 Å². The predicted molar refractivity (Wildman–Crippen MR) is 194 cm³/mol. The maximum absolute atomic E-state index is 12.9. The van der Waals surface area contributed by atoms with Gasteiger partial charge in [-0.1, -0.05) is 65.5 Å². The highest BCUT2D eigenvalue weighted by Crippen LogP contribution is 2.67. The molecule has 0 amide bonds. The van der Waals surface area contributed by atoms with Crippen LogP contribution in [-0.4, -0.2) is 91.3 Å².